The molecule has 3 aromatic carbocycles. The lowest BCUT2D eigenvalue weighted by atomic mass is 10.1. The number of halogens is 1. The Hall–Kier alpha value is -3.77. The van der Waals surface area contributed by atoms with Crippen molar-refractivity contribution in [3.8, 4) is 11.3 Å². The first kappa shape index (κ1) is 20.5. The minimum atomic E-state index is -0.449. The van der Waals surface area contributed by atoms with Gasteiger partial charge in [0.1, 0.15) is 6.54 Å². The van der Waals surface area contributed by atoms with E-state index in [2.05, 4.69) is 15.6 Å². The van der Waals surface area contributed by atoms with Crippen LogP contribution in [0.25, 0.3) is 22.0 Å². The molecule has 4 rings (SSSR count). The van der Waals surface area contributed by atoms with E-state index in [9.17, 15) is 9.59 Å². The van der Waals surface area contributed by atoms with Crippen LogP contribution in [-0.4, -0.2) is 21.9 Å². The van der Waals surface area contributed by atoms with Crippen molar-refractivity contribution >= 4 is 34.5 Å². The monoisotopic (exact) mass is 430 g/mol. The van der Waals surface area contributed by atoms with Crippen molar-refractivity contribution in [1.82, 2.24) is 15.2 Å². The maximum atomic E-state index is 12.9. The third-order valence-electron chi connectivity index (χ3n) is 4.76. The fourth-order valence-electron chi connectivity index (χ4n) is 3.17. The van der Waals surface area contributed by atoms with E-state index in [1.165, 1.54) is 0 Å². The van der Waals surface area contributed by atoms with Gasteiger partial charge in [-0.05, 0) is 30.7 Å². The molecule has 0 aliphatic carbocycles. The van der Waals surface area contributed by atoms with Crippen LogP contribution in [0.5, 0.6) is 0 Å². The molecule has 0 radical (unpaired) electrons. The van der Waals surface area contributed by atoms with Crippen LogP contribution in [0.15, 0.2) is 82.7 Å². The molecule has 1 heterocycles. The first-order valence-electron chi connectivity index (χ1n) is 9.65. The van der Waals surface area contributed by atoms with Gasteiger partial charge in [-0.3, -0.25) is 9.59 Å². The van der Waals surface area contributed by atoms with Gasteiger partial charge in [0, 0.05) is 16.0 Å². The lowest BCUT2D eigenvalue weighted by Gasteiger charge is -2.11. The van der Waals surface area contributed by atoms with E-state index >= 15 is 0 Å². The molecule has 0 fully saturated rings. The van der Waals surface area contributed by atoms with Crippen molar-refractivity contribution in [2.45, 2.75) is 13.5 Å². The van der Waals surface area contributed by atoms with Crippen LogP contribution in [0.2, 0.25) is 5.02 Å². The van der Waals surface area contributed by atoms with Gasteiger partial charge in [0.15, 0.2) is 0 Å². The summed E-state index contributed by atoms with van der Waals surface area (Å²) in [4.78, 5) is 25.3. The second-order valence-corrected chi connectivity index (χ2v) is 7.50. The zero-order valence-electron chi connectivity index (χ0n) is 16.7. The number of fused-ring (bicyclic) bond motifs is 1. The second kappa shape index (κ2) is 8.93. The third kappa shape index (κ3) is 4.70. The Bertz CT molecular complexity index is 1330. The third-order valence-corrected chi connectivity index (χ3v) is 5.01. The summed E-state index contributed by atoms with van der Waals surface area (Å²) in [5.74, 6) is -0.449. The van der Waals surface area contributed by atoms with Crippen LogP contribution in [-0.2, 0) is 11.3 Å². The zero-order chi connectivity index (χ0) is 21.8. The summed E-state index contributed by atoms with van der Waals surface area (Å²) in [6.45, 7) is 1.74. The molecule has 1 N–H and O–H groups in total. The predicted molar refractivity (Wildman–Crippen MR) is 123 cm³/mol. The number of hydrogen-bond donors (Lipinski definition) is 1. The molecular weight excluding hydrogens is 412 g/mol. The minimum absolute atomic E-state index is 0.254. The normalized spacial score (nSPS) is 11.2. The standard InChI is InChI=1S/C24H19ClN4O2/c1-16-6-8-17(9-7-16)14-26-27-22(30)15-29-24(31)21-5-3-2-4-20(21)23(28-29)18-10-12-19(25)13-11-18/h2-14H,15H2,1H3,(H,27,30)/b26-14+. The number of nitrogens with zero attached hydrogens (tertiary/aromatic N) is 3. The average Bonchev–Trinajstić information content (AvgIpc) is 2.78. The molecule has 0 aliphatic heterocycles. The summed E-state index contributed by atoms with van der Waals surface area (Å²) in [6, 6.07) is 22.1. The highest BCUT2D eigenvalue weighted by Crippen LogP contribution is 2.25. The van der Waals surface area contributed by atoms with Gasteiger partial charge in [0.25, 0.3) is 11.5 Å². The Morgan fingerprint density at radius 2 is 1.71 bits per heavy atom. The predicted octanol–water partition coefficient (Wildman–Crippen LogP) is 4.18. The first-order chi connectivity index (χ1) is 15.0. The fourth-order valence-corrected chi connectivity index (χ4v) is 3.29. The summed E-state index contributed by atoms with van der Waals surface area (Å²) in [6.07, 6.45) is 1.55. The van der Waals surface area contributed by atoms with Gasteiger partial charge >= 0.3 is 0 Å². The molecule has 6 nitrogen and oxygen atoms in total. The van der Waals surface area contributed by atoms with Crippen molar-refractivity contribution in [3.63, 3.8) is 0 Å². The van der Waals surface area contributed by atoms with Crippen LogP contribution < -0.4 is 11.0 Å². The maximum Gasteiger partial charge on any atom is 0.275 e. The van der Waals surface area contributed by atoms with Crippen molar-refractivity contribution in [2.75, 3.05) is 0 Å². The molecular formula is C24H19ClN4O2. The van der Waals surface area contributed by atoms with E-state index in [0.29, 0.717) is 21.5 Å². The van der Waals surface area contributed by atoms with E-state index in [4.69, 9.17) is 11.6 Å². The summed E-state index contributed by atoms with van der Waals surface area (Å²) in [5.41, 5.74) is 5.50. The summed E-state index contributed by atoms with van der Waals surface area (Å²) < 4.78 is 1.16. The zero-order valence-corrected chi connectivity index (χ0v) is 17.5. The SMILES string of the molecule is Cc1ccc(/C=N/NC(=O)Cn2nc(-c3ccc(Cl)cc3)c3ccccc3c2=O)cc1. The molecule has 31 heavy (non-hydrogen) atoms. The van der Waals surface area contributed by atoms with E-state index in [-0.39, 0.29) is 12.1 Å². The van der Waals surface area contributed by atoms with Gasteiger partial charge in [0.2, 0.25) is 0 Å². The number of rotatable bonds is 5. The smallest absolute Gasteiger partial charge is 0.271 e. The molecule has 0 spiro atoms. The number of carbonyl (C=O) groups is 1. The highest BCUT2D eigenvalue weighted by atomic mass is 35.5. The van der Waals surface area contributed by atoms with Crippen molar-refractivity contribution in [3.05, 3.63) is 99.3 Å². The fraction of sp³-hybridized carbons (Fsp3) is 0.0833. The lowest BCUT2D eigenvalue weighted by Crippen LogP contribution is -2.32. The highest BCUT2D eigenvalue weighted by molar-refractivity contribution is 6.30. The van der Waals surface area contributed by atoms with E-state index in [0.717, 1.165) is 21.4 Å². The number of nitrogens with one attached hydrogen (secondary N) is 1. The topological polar surface area (TPSA) is 76.3 Å². The van der Waals surface area contributed by atoms with Crippen molar-refractivity contribution in [1.29, 1.82) is 0 Å². The van der Waals surface area contributed by atoms with Crippen molar-refractivity contribution in [2.24, 2.45) is 5.10 Å². The Morgan fingerprint density at radius 3 is 2.42 bits per heavy atom. The average molecular weight is 431 g/mol. The van der Waals surface area contributed by atoms with Gasteiger partial charge < -0.3 is 0 Å². The van der Waals surface area contributed by atoms with E-state index in [1.807, 2.05) is 55.5 Å². The van der Waals surface area contributed by atoms with E-state index in [1.54, 1.807) is 30.5 Å². The number of carbonyl (C=O) groups excluding carboxylic acids is 1. The Kier molecular flexibility index (Phi) is 5.91. The molecule has 0 atom stereocenters. The maximum absolute atomic E-state index is 12.9. The van der Waals surface area contributed by atoms with Gasteiger partial charge in [-0.15, -0.1) is 0 Å². The van der Waals surface area contributed by atoms with Crippen LogP contribution in [0.1, 0.15) is 11.1 Å². The Labute approximate surface area is 183 Å². The molecule has 7 heteroatoms. The lowest BCUT2D eigenvalue weighted by molar-refractivity contribution is -0.121. The molecule has 0 unspecified atom stereocenters. The second-order valence-electron chi connectivity index (χ2n) is 7.07. The van der Waals surface area contributed by atoms with Crippen LogP contribution in [0, 0.1) is 6.92 Å². The molecule has 0 saturated heterocycles. The molecule has 4 aromatic rings. The largest absolute Gasteiger partial charge is 0.275 e. The number of hydrogen-bond acceptors (Lipinski definition) is 4. The number of aryl methyl sites for hydroxylation is 1. The van der Waals surface area contributed by atoms with Crippen LogP contribution in [0.3, 0.4) is 0 Å². The molecule has 0 aliphatic rings. The van der Waals surface area contributed by atoms with Crippen molar-refractivity contribution < 1.29 is 4.79 Å². The van der Waals surface area contributed by atoms with Gasteiger partial charge in [0.05, 0.1) is 17.3 Å². The molecule has 0 bridgehead atoms. The van der Waals surface area contributed by atoms with Crippen LogP contribution >= 0.6 is 11.6 Å². The number of hydrazone groups is 1. The number of benzene rings is 3. The van der Waals surface area contributed by atoms with Gasteiger partial charge in [-0.25, -0.2) is 10.1 Å². The summed E-state index contributed by atoms with van der Waals surface area (Å²) in [7, 11) is 0. The van der Waals surface area contributed by atoms with Gasteiger partial charge in [-0.1, -0.05) is 71.8 Å². The summed E-state index contributed by atoms with van der Waals surface area (Å²) >= 11 is 6.00. The Balaban J connectivity index is 1.62. The quantitative estimate of drug-likeness (QED) is 0.381. The first-order valence-corrected chi connectivity index (χ1v) is 10.0. The summed E-state index contributed by atoms with van der Waals surface area (Å²) in [5, 5.41) is 10.2. The minimum Gasteiger partial charge on any atom is -0.271 e. The number of aromatic nitrogens is 2. The molecule has 0 saturated carbocycles. The Morgan fingerprint density at radius 1 is 1.03 bits per heavy atom. The van der Waals surface area contributed by atoms with E-state index < -0.39 is 5.91 Å². The molecule has 154 valence electrons. The number of amides is 1. The van der Waals surface area contributed by atoms with Crippen LogP contribution in [0.4, 0.5) is 0 Å². The molecule has 1 amide bonds. The highest BCUT2D eigenvalue weighted by Gasteiger charge is 2.14. The van der Waals surface area contributed by atoms with Gasteiger partial charge in [-0.2, -0.15) is 10.2 Å². The molecule has 1 aromatic heterocycles.